The number of nitrogens with one attached hydrogen (secondary N) is 3. The molecule has 5 rings (SSSR count). The number of likely N-dealkylation sites (tertiary alicyclic amines) is 1. The smallest absolute Gasteiger partial charge is 0.246 e. The molecule has 1 fully saturated rings. The molecule has 0 saturated carbocycles. The van der Waals surface area contributed by atoms with E-state index in [2.05, 4.69) is 20.9 Å². The van der Waals surface area contributed by atoms with Gasteiger partial charge in [0, 0.05) is 38.3 Å². The first kappa shape index (κ1) is 29.9. The third-order valence-corrected chi connectivity index (χ3v) is 8.46. The molecule has 6 atom stereocenters. The molecule has 1 saturated heterocycles. The second-order valence-corrected chi connectivity index (χ2v) is 11.4. The number of carbonyl (C=O) groups is 4. The van der Waals surface area contributed by atoms with Crippen molar-refractivity contribution < 1.29 is 19.2 Å². The molecule has 10 nitrogen and oxygen atoms in total. The monoisotopic (exact) mass is 582 g/mol. The molecule has 2 aromatic carbocycles. The van der Waals surface area contributed by atoms with Gasteiger partial charge in [-0.05, 0) is 48.1 Å². The standard InChI is InChI=1S/C33H38N6O4/c1-20(34)30(40)37-27(15-21-9-8-14-36-18-21)33(43)39-19-24(22-10-4-3-5-11-22)17-28(39)32(42)38-29-25-13-7-6-12-23(25)16-26(29)31(41)35-2/h3-14,18,20,24,26-29H,15-17,19,34H2,1-2H3,(H,35,41)(H,37,40)(H,38,42)/t20?,24-,26+,27?,28-,29-/m0/s1. The van der Waals surface area contributed by atoms with Crippen molar-refractivity contribution in [1.82, 2.24) is 25.8 Å². The number of rotatable bonds is 9. The molecule has 0 radical (unpaired) electrons. The molecule has 0 spiro atoms. The second-order valence-electron chi connectivity index (χ2n) is 11.4. The highest BCUT2D eigenvalue weighted by Crippen LogP contribution is 2.38. The Bertz CT molecular complexity index is 1460. The Labute approximate surface area is 251 Å². The normalized spacial score (nSPS) is 22.3. The predicted molar refractivity (Wildman–Crippen MR) is 161 cm³/mol. The zero-order chi connectivity index (χ0) is 30.5. The minimum absolute atomic E-state index is 0.0883. The minimum atomic E-state index is -0.946. The van der Waals surface area contributed by atoms with Crippen LogP contribution in [0.3, 0.4) is 0 Å². The highest BCUT2D eigenvalue weighted by atomic mass is 16.2. The molecule has 224 valence electrons. The molecular weight excluding hydrogens is 544 g/mol. The average Bonchev–Trinajstić information content (AvgIpc) is 3.63. The van der Waals surface area contributed by atoms with Crippen molar-refractivity contribution in [2.45, 2.75) is 56.3 Å². The van der Waals surface area contributed by atoms with E-state index in [0.717, 1.165) is 22.3 Å². The van der Waals surface area contributed by atoms with Crippen molar-refractivity contribution in [2.75, 3.05) is 13.6 Å². The molecule has 2 unspecified atom stereocenters. The lowest BCUT2D eigenvalue weighted by molar-refractivity contribution is -0.142. The van der Waals surface area contributed by atoms with Gasteiger partial charge in [0.1, 0.15) is 12.1 Å². The van der Waals surface area contributed by atoms with Crippen LogP contribution >= 0.6 is 0 Å². The summed E-state index contributed by atoms with van der Waals surface area (Å²) < 4.78 is 0. The fourth-order valence-electron chi connectivity index (χ4n) is 6.21. The van der Waals surface area contributed by atoms with Crippen molar-refractivity contribution in [1.29, 1.82) is 0 Å². The summed E-state index contributed by atoms with van der Waals surface area (Å²) >= 11 is 0. The van der Waals surface area contributed by atoms with E-state index in [1.54, 1.807) is 37.3 Å². The van der Waals surface area contributed by atoms with Gasteiger partial charge in [-0.25, -0.2) is 0 Å². The van der Waals surface area contributed by atoms with Gasteiger partial charge in [-0.2, -0.15) is 0 Å². The first-order valence-electron chi connectivity index (χ1n) is 14.7. The fourth-order valence-corrected chi connectivity index (χ4v) is 6.21. The first-order valence-corrected chi connectivity index (χ1v) is 14.7. The van der Waals surface area contributed by atoms with E-state index in [1.165, 1.54) is 0 Å². The number of nitrogens with zero attached hydrogens (tertiary/aromatic N) is 2. The number of nitrogens with two attached hydrogens (primary N) is 1. The van der Waals surface area contributed by atoms with Crippen molar-refractivity contribution in [3.05, 3.63) is 101 Å². The van der Waals surface area contributed by atoms with E-state index in [1.807, 2.05) is 60.7 Å². The van der Waals surface area contributed by atoms with E-state index >= 15 is 0 Å². The van der Waals surface area contributed by atoms with Crippen LogP contribution in [0.25, 0.3) is 0 Å². The van der Waals surface area contributed by atoms with Gasteiger partial charge in [0.25, 0.3) is 0 Å². The van der Waals surface area contributed by atoms with Gasteiger partial charge in [-0.3, -0.25) is 24.2 Å². The molecule has 0 bridgehead atoms. The molecule has 2 aliphatic rings. The van der Waals surface area contributed by atoms with Gasteiger partial charge in [0.05, 0.1) is 18.0 Å². The Morgan fingerprint density at radius 1 is 1.00 bits per heavy atom. The molecule has 1 aliphatic carbocycles. The van der Waals surface area contributed by atoms with Crippen molar-refractivity contribution in [2.24, 2.45) is 11.7 Å². The molecule has 2 heterocycles. The van der Waals surface area contributed by atoms with Gasteiger partial charge in [-0.15, -0.1) is 0 Å². The fraction of sp³-hybridized carbons (Fsp3) is 0.364. The van der Waals surface area contributed by atoms with Crippen LogP contribution < -0.4 is 21.7 Å². The van der Waals surface area contributed by atoms with Gasteiger partial charge in [0.15, 0.2) is 0 Å². The third-order valence-electron chi connectivity index (χ3n) is 8.46. The number of amides is 4. The molecule has 5 N–H and O–H groups in total. The number of hydrogen-bond acceptors (Lipinski definition) is 6. The van der Waals surface area contributed by atoms with Crippen LogP contribution in [-0.4, -0.2) is 65.2 Å². The zero-order valence-electron chi connectivity index (χ0n) is 24.4. The number of benzene rings is 2. The maximum Gasteiger partial charge on any atom is 0.246 e. The maximum absolute atomic E-state index is 14.3. The number of aromatic nitrogens is 1. The van der Waals surface area contributed by atoms with Crippen LogP contribution in [0.5, 0.6) is 0 Å². The van der Waals surface area contributed by atoms with Crippen molar-refractivity contribution in [3.8, 4) is 0 Å². The quantitative estimate of drug-likeness (QED) is 0.302. The summed E-state index contributed by atoms with van der Waals surface area (Å²) in [5, 5.41) is 8.66. The molecule has 4 amide bonds. The van der Waals surface area contributed by atoms with Crippen LogP contribution in [0, 0.1) is 5.92 Å². The van der Waals surface area contributed by atoms with Crippen LogP contribution in [0.15, 0.2) is 79.1 Å². The Hall–Kier alpha value is -4.57. The van der Waals surface area contributed by atoms with Gasteiger partial charge in [0.2, 0.25) is 23.6 Å². The summed E-state index contributed by atoms with van der Waals surface area (Å²) in [6.45, 7) is 1.86. The van der Waals surface area contributed by atoms with Crippen LogP contribution in [-0.2, 0) is 32.0 Å². The van der Waals surface area contributed by atoms with Crippen molar-refractivity contribution in [3.63, 3.8) is 0 Å². The number of carbonyl (C=O) groups excluding carboxylic acids is 4. The molecular formula is C33H38N6O4. The van der Waals surface area contributed by atoms with E-state index < -0.39 is 36.0 Å². The summed E-state index contributed by atoms with van der Waals surface area (Å²) in [6.07, 6.45) is 4.40. The van der Waals surface area contributed by atoms with E-state index in [4.69, 9.17) is 5.73 Å². The SMILES string of the molecule is CNC(=O)[C@@H]1Cc2ccccc2[C@@H]1NC(=O)[C@@H]1C[C@H](c2ccccc2)CN1C(=O)C(Cc1cccnc1)NC(=O)C(C)N. The lowest BCUT2D eigenvalue weighted by Gasteiger charge is -2.30. The molecule has 1 aliphatic heterocycles. The summed E-state index contributed by atoms with van der Waals surface area (Å²) in [5.74, 6) is -1.87. The van der Waals surface area contributed by atoms with Gasteiger partial charge < -0.3 is 26.6 Å². The zero-order valence-corrected chi connectivity index (χ0v) is 24.4. The first-order chi connectivity index (χ1) is 20.8. The van der Waals surface area contributed by atoms with Crippen LogP contribution in [0.1, 0.15) is 47.6 Å². The Morgan fingerprint density at radius 3 is 2.44 bits per heavy atom. The lowest BCUT2D eigenvalue weighted by atomic mass is 9.95. The van der Waals surface area contributed by atoms with Crippen LogP contribution in [0.4, 0.5) is 0 Å². The summed E-state index contributed by atoms with van der Waals surface area (Å²) in [6, 6.07) is 18.0. The topological polar surface area (TPSA) is 147 Å². The lowest BCUT2D eigenvalue weighted by Crippen LogP contribution is -2.56. The highest BCUT2D eigenvalue weighted by molar-refractivity contribution is 5.94. The largest absolute Gasteiger partial charge is 0.359 e. The Balaban J connectivity index is 1.45. The molecule has 43 heavy (non-hydrogen) atoms. The molecule has 1 aromatic heterocycles. The minimum Gasteiger partial charge on any atom is -0.359 e. The molecule has 10 heteroatoms. The summed E-state index contributed by atoms with van der Waals surface area (Å²) in [4.78, 5) is 59.6. The number of fused-ring (bicyclic) bond motifs is 1. The van der Waals surface area contributed by atoms with Gasteiger partial charge >= 0.3 is 0 Å². The maximum atomic E-state index is 14.3. The number of pyridine rings is 1. The highest BCUT2D eigenvalue weighted by Gasteiger charge is 2.45. The van der Waals surface area contributed by atoms with E-state index in [9.17, 15) is 19.2 Å². The average molecular weight is 583 g/mol. The third kappa shape index (κ3) is 6.59. The predicted octanol–water partition coefficient (Wildman–Crippen LogP) is 1.62. The van der Waals surface area contributed by atoms with E-state index in [0.29, 0.717) is 19.4 Å². The van der Waals surface area contributed by atoms with Gasteiger partial charge in [-0.1, -0.05) is 60.7 Å². The Kier molecular flexibility index (Phi) is 9.16. The summed E-state index contributed by atoms with van der Waals surface area (Å²) in [5.41, 5.74) is 9.54. The van der Waals surface area contributed by atoms with Crippen LogP contribution in [0.2, 0.25) is 0 Å². The van der Waals surface area contributed by atoms with Crippen molar-refractivity contribution >= 4 is 23.6 Å². The van der Waals surface area contributed by atoms with E-state index in [-0.39, 0.29) is 30.1 Å². The summed E-state index contributed by atoms with van der Waals surface area (Å²) in [7, 11) is 1.59. The second kappa shape index (κ2) is 13.2. The molecule has 3 aromatic rings. The number of hydrogen-bond donors (Lipinski definition) is 4. The Morgan fingerprint density at radius 2 is 1.74 bits per heavy atom.